The Morgan fingerprint density at radius 1 is 1.11 bits per heavy atom. The number of hydrogen-bond donors (Lipinski definition) is 1. The summed E-state index contributed by atoms with van der Waals surface area (Å²) in [6, 6.07) is 13.4. The maximum atomic E-state index is 13.5. The lowest BCUT2D eigenvalue weighted by atomic mass is 10.1. The Labute approximate surface area is 213 Å². The summed E-state index contributed by atoms with van der Waals surface area (Å²) in [4.78, 5) is 4.03. The van der Waals surface area contributed by atoms with E-state index in [-0.39, 0.29) is 17.3 Å². The van der Waals surface area contributed by atoms with E-state index < -0.39 is 26.9 Å². The summed E-state index contributed by atoms with van der Waals surface area (Å²) in [6.07, 6.45) is -0.151. The molecule has 4 rings (SSSR count). The predicted octanol–water partition coefficient (Wildman–Crippen LogP) is 3.16. The molecule has 0 fully saturated rings. The van der Waals surface area contributed by atoms with E-state index in [1.165, 1.54) is 44.0 Å². The largest absolute Gasteiger partial charge is 0.494 e. The number of para-hydroxylation sites is 1. The van der Waals surface area contributed by atoms with Gasteiger partial charge < -0.3 is 19.0 Å². The number of nitrogens with zero attached hydrogens (tertiary/aromatic N) is 5. The van der Waals surface area contributed by atoms with Crippen molar-refractivity contribution < 1.29 is 27.4 Å². The van der Waals surface area contributed by atoms with Gasteiger partial charge in [0.1, 0.15) is 40.9 Å². The van der Waals surface area contributed by atoms with E-state index in [0.29, 0.717) is 34.3 Å². The van der Waals surface area contributed by atoms with Gasteiger partial charge in [0, 0.05) is 6.20 Å². The summed E-state index contributed by atoms with van der Waals surface area (Å²) in [5.74, 6) is 1.57. The lowest BCUT2D eigenvalue weighted by molar-refractivity contribution is 0.171. The van der Waals surface area contributed by atoms with Gasteiger partial charge in [-0.1, -0.05) is 6.07 Å². The van der Waals surface area contributed by atoms with Crippen LogP contribution in [0.25, 0.3) is 17.3 Å². The molecule has 3 heterocycles. The van der Waals surface area contributed by atoms with Crippen LogP contribution in [-0.2, 0) is 15.6 Å². The second-order valence-electron chi connectivity index (χ2n) is 8.24. The van der Waals surface area contributed by atoms with Crippen molar-refractivity contribution in [3.63, 3.8) is 0 Å². The topological polar surface area (TPSA) is 153 Å². The normalized spacial score (nSPS) is 13.1. The van der Waals surface area contributed by atoms with E-state index in [2.05, 4.69) is 15.2 Å². The van der Waals surface area contributed by atoms with Crippen LogP contribution in [0.1, 0.15) is 35.9 Å². The quantitative estimate of drug-likeness (QED) is 0.346. The summed E-state index contributed by atoms with van der Waals surface area (Å²) >= 11 is 0. The van der Waals surface area contributed by atoms with E-state index in [1.807, 2.05) is 6.07 Å². The first-order chi connectivity index (χ1) is 17.7. The zero-order valence-electron chi connectivity index (χ0n) is 20.6. The van der Waals surface area contributed by atoms with Crippen LogP contribution in [0.2, 0.25) is 0 Å². The minimum atomic E-state index is -4.00. The molecule has 2 atom stereocenters. The molecule has 192 valence electrons. The van der Waals surface area contributed by atoms with Crippen LogP contribution in [0, 0.1) is 18.3 Å². The van der Waals surface area contributed by atoms with Crippen molar-refractivity contribution in [2.75, 3.05) is 14.2 Å². The van der Waals surface area contributed by atoms with Crippen molar-refractivity contribution in [2.45, 2.75) is 31.0 Å². The number of aliphatic hydroxyl groups excluding tert-OH is 1. The van der Waals surface area contributed by atoms with Crippen LogP contribution in [-0.4, -0.2) is 52.7 Å². The maximum Gasteiger partial charge on any atom is 0.204 e. The molecule has 11 nitrogen and oxygen atoms in total. The van der Waals surface area contributed by atoms with Crippen LogP contribution in [0.3, 0.4) is 0 Å². The molecule has 3 aromatic heterocycles. The molecule has 0 saturated carbocycles. The number of rotatable bonds is 9. The summed E-state index contributed by atoms with van der Waals surface area (Å²) in [5, 5.41) is 26.9. The Morgan fingerprint density at radius 3 is 2.35 bits per heavy atom. The molecule has 0 bridgehead atoms. The molecule has 0 amide bonds. The Kier molecular flexibility index (Phi) is 7.28. The van der Waals surface area contributed by atoms with E-state index in [4.69, 9.17) is 19.2 Å². The summed E-state index contributed by atoms with van der Waals surface area (Å²) < 4.78 is 45.3. The first-order valence-electron chi connectivity index (χ1n) is 11.2. The number of aryl methyl sites for hydroxylation is 1. The SMILES string of the molecule is COc1cccc(OC)c1-n1c(CS(=O)(=O)[C@@H](C)[C@H](O)c2ccc(C#N)cn2)nnc1-c1ccc(C)o1. The molecule has 0 aliphatic heterocycles. The molecule has 4 aromatic rings. The molecule has 0 saturated heterocycles. The van der Waals surface area contributed by atoms with E-state index in [9.17, 15) is 13.5 Å². The van der Waals surface area contributed by atoms with Gasteiger partial charge in [0.25, 0.3) is 0 Å². The molecule has 37 heavy (non-hydrogen) atoms. The smallest absolute Gasteiger partial charge is 0.204 e. The first-order valence-corrected chi connectivity index (χ1v) is 12.9. The number of nitriles is 1. The standard InChI is InChI=1S/C25H25N5O6S/c1-15-8-11-21(36-15)25-29-28-22(30(25)23-19(34-3)6-5-7-20(23)35-4)14-37(32,33)16(2)24(31)18-10-9-17(12-26)13-27-18/h5-11,13,16,24,31H,14H2,1-4H3/t16-,24-/m0/s1. The maximum absolute atomic E-state index is 13.5. The average molecular weight is 524 g/mol. The molecule has 1 aromatic carbocycles. The molecule has 0 unspecified atom stereocenters. The Bertz CT molecular complexity index is 1530. The van der Waals surface area contributed by atoms with Crippen LogP contribution in [0.4, 0.5) is 0 Å². The Balaban J connectivity index is 1.79. The number of methoxy groups -OCH3 is 2. The van der Waals surface area contributed by atoms with Crippen molar-refractivity contribution in [3.8, 4) is 34.8 Å². The van der Waals surface area contributed by atoms with Gasteiger partial charge in [-0.05, 0) is 50.2 Å². The lowest BCUT2D eigenvalue weighted by Gasteiger charge is -2.20. The Morgan fingerprint density at radius 2 is 1.81 bits per heavy atom. The number of pyridine rings is 1. The number of hydrogen-bond acceptors (Lipinski definition) is 10. The van der Waals surface area contributed by atoms with Gasteiger partial charge in [-0.2, -0.15) is 5.26 Å². The second kappa shape index (κ2) is 10.4. The van der Waals surface area contributed by atoms with E-state index in [1.54, 1.807) is 37.3 Å². The minimum Gasteiger partial charge on any atom is -0.494 e. The third-order valence-corrected chi connectivity index (χ3v) is 7.93. The fourth-order valence-corrected chi connectivity index (χ4v) is 5.15. The highest BCUT2D eigenvalue weighted by molar-refractivity contribution is 7.91. The van der Waals surface area contributed by atoms with Crippen LogP contribution in [0.15, 0.2) is 53.1 Å². The van der Waals surface area contributed by atoms with Gasteiger partial charge in [-0.3, -0.25) is 9.55 Å². The van der Waals surface area contributed by atoms with Crippen molar-refractivity contribution in [3.05, 3.63) is 71.5 Å². The number of ether oxygens (including phenoxy) is 2. The average Bonchev–Trinajstić information content (AvgIpc) is 3.52. The summed E-state index contributed by atoms with van der Waals surface area (Å²) in [5.41, 5.74) is 0.828. The van der Waals surface area contributed by atoms with Crippen molar-refractivity contribution in [1.29, 1.82) is 5.26 Å². The molecule has 0 radical (unpaired) electrons. The third-order valence-electron chi connectivity index (χ3n) is 5.88. The predicted molar refractivity (Wildman–Crippen MR) is 133 cm³/mol. The fourth-order valence-electron chi connectivity index (χ4n) is 3.81. The lowest BCUT2D eigenvalue weighted by Crippen LogP contribution is -2.28. The molecule has 0 spiro atoms. The van der Waals surface area contributed by atoms with Crippen LogP contribution < -0.4 is 9.47 Å². The molecule has 1 N–H and O–H groups in total. The van der Waals surface area contributed by atoms with Gasteiger partial charge in [0.05, 0.1) is 30.7 Å². The highest BCUT2D eigenvalue weighted by Gasteiger charge is 2.33. The fraction of sp³-hybridized carbons (Fsp3) is 0.280. The van der Waals surface area contributed by atoms with Crippen molar-refractivity contribution in [1.82, 2.24) is 19.7 Å². The summed E-state index contributed by atoms with van der Waals surface area (Å²) in [7, 11) is -1.03. The van der Waals surface area contributed by atoms with Crippen LogP contribution in [0.5, 0.6) is 11.5 Å². The summed E-state index contributed by atoms with van der Waals surface area (Å²) in [6.45, 7) is 3.17. The number of aromatic nitrogens is 4. The molecular weight excluding hydrogens is 498 g/mol. The number of furan rings is 1. The minimum absolute atomic E-state index is 0.0682. The number of benzene rings is 1. The van der Waals surface area contributed by atoms with Gasteiger partial charge >= 0.3 is 0 Å². The zero-order chi connectivity index (χ0) is 26.7. The van der Waals surface area contributed by atoms with E-state index in [0.717, 1.165) is 0 Å². The van der Waals surface area contributed by atoms with Crippen molar-refractivity contribution >= 4 is 9.84 Å². The highest BCUT2D eigenvalue weighted by Crippen LogP contribution is 2.37. The van der Waals surface area contributed by atoms with Gasteiger partial charge in [0.15, 0.2) is 21.4 Å². The Hall–Kier alpha value is -4.21. The third kappa shape index (κ3) is 5.04. The van der Waals surface area contributed by atoms with Crippen molar-refractivity contribution in [2.24, 2.45) is 0 Å². The number of aliphatic hydroxyl groups is 1. The second-order valence-corrected chi connectivity index (χ2v) is 10.6. The molecule has 12 heteroatoms. The monoisotopic (exact) mass is 523 g/mol. The highest BCUT2D eigenvalue weighted by atomic mass is 32.2. The molecular formula is C25H25N5O6S. The van der Waals surface area contributed by atoms with Gasteiger partial charge in [-0.15, -0.1) is 10.2 Å². The molecule has 0 aliphatic rings. The zero-order valence-corrected chi connectivity index (χ0v) is 21.4. The van der Waals surface area contributed by atoms with Gasteiger partial charge in [-0.25, -0.2) is 8.42 Å². The first kappa shape index (κ1) is 25.9. The van der Waals surface area contributed by atoms with E-state index >= 15 is 0 Å². The number of sulfone groups is 1. The molecule has 0 aliphatic carbocycles. The van der Waals surface area contributed by atoms with Crippen LogP contribution >= 0.6 is 0 Å². The van der Waals surface area contributed by atoms with Gasteiger partial charge in [0.2, 0.25) is 5.82 Å².